The van der Waals surface area contributed by atoms with Crippen LogP contribution >= 0.6 is 11.6 Å². The minimum Gasteiger partial charge on any atom is -0.326 e. The molecule has 0 radical (unpaired) electrons. The summed E-state index contributed by atoms with van der Waals surface area (Å²) in [6.07, 6.45) is 0.218. The summed E-state index contributed by atoms with van der Waals surface area (Å²) in [6.45, 7) is 5.67. The van der Waals surface area contributed by atoms with E-state index in [4.69, 9.17) is 11.6 Å². The first kappa shape index (κ1) is 18.0. The molecule has 2 rings (SSSR count). The average molecular weight is 345 g/mol. The van der Waals surface area contributed by atoms with Crippen LogP contribution in [-0.2, 0) is 9.59 Å². The number of hydrogen-bond acceptors (Lipinski definition) is 2. The van der Waals surface area contributed by atoms with E-state index in [2.05, 4.69) is 5.32 Å². The quantitative estimate of drug-likeness (QED) is 0.877. The molecule has 4 nitrogen and oxygen atoms in total. The van der Waals surface area contributed by atoms with Gasteiger partial charge in [-0.15, -0.1) is 0 Å². The van der Waals surface area contributed by atoms with Gasteiger partial charge in [0.1, 0.15) is 0 Å². The molecule has 5 heteroatoms. The predicted octanol–water partition coefficient (Wildman–Crippen LogP) is 4.34. The van der Waals surface area contributed by atoms with Crippen molar-refractivity contribution in [1.82, 2.24) is 0 Å². The Morgan fingerprint density at radius 2 is 1.88 bits per heavy atom. The van der Waals surface area contributed by atoms with E-state index in [0.29, 0.717) is 11.6 Å². The van der Waals surface area contributed by atoms with Gasteiger partial charge in [-0.3, -0.25) is 9.59 Å². The first-order chi connectivity index (χ1) is 11.4. The largest absolute Gasteiger partial charge is 0.326 e. The number of carbonyl (C=O) groups is 2. The van der Waals surface area contributed by atoms with E-state index in [0.717, 1.165) is 22.5 Å². The number of amides is 2. The zero-order chi connectivity index (χ0) is 17.7. The molecule has 0 spiro atoms. The summed E-state index contributed by atoms with van der Waals surface area (Å²) in [7, 11) is 0. The number of benzene rings is 2. The van der Waals surface area contributed by atoms with Crippen LogP contribution in [0.1, 0.15) is 24.5 Å². The molecule has 0 heterocycles. The molecule has 0 unspecified atom stereocenters. The lowest BCUT2D eigenvalue weighted by molar-refractivity contribution is -0.117. The number of nitrogens with zero attached hydrogens (tertiary/aromatic N) is 1. The minimum absolute atomic E-state index is 0.108. The van der Waals surface area contributed by atoms with Crippen LogP contribution in [0, 0.1) is 13.8 Å². The van der Waals surface area contributed by atoms with Gasteiger partial charge < -0.3 is 10.2 Å². The van der Waals surface area contributed by atoms with Crippen molar-refractivity contribution in [1.29, 1.82) is 0 Å². The summed E-state index contributed by atoms with van der Waals surface area (Å²) >= 11 is 5.96. The number of hydrogen-bond donors (Lipinski definition) is 1. The third-order valence-electron chi connectivity index (χ3n) is 3.69. The van der Waals surface area contributed by atoms with Gasteiger partial charge in [0.15, 0.2) is 0 Å². The van der Waals surface area contributed by atoms with Crippen molar-refractivity contribution >= 4 is 34.8 Å². The van der Waals surface area contributed by atoms with Crippen molar-refractivity contribution in [2.75, 3.05) is 16.8 Å². The molecule has 0 saturated carbocycles. The summed E-state index contributed by atoms with van der Waals surface area (Å²) < 4.78 is 0. The zero-order valence-corrected chi connectivity index (χ0v) is 14.9. The Kier molecular flexibility index (Phi) is 5.99. The van der Waals surface area contributed by atoms with Crippen LogP contribution < -0.4 is 10.2 Å². The smallest absolute Gasteiger partial charge is 0.226 e. The second-order valence-electron chi connectivity index (χ2n) is 5.77. The van der Waals surface area contributed by atoms with Gasteiger partial charge in [0.05, 0.1) is 0 Å². The van der Waals surface area contributed by atoms with Gasteiger partial charge in [-0.1, -0.05) is 23.7 Å². The Morgan fingerprint density at radius 1 is 1.12 bits per heavy atom. The summed E-state index contributed by atoms with van der Waals surface area (Å²) in [5.74, 6) is -0.234. The molecule has 0 fully saturated rings. The number of carbonyl (C=O) groups excluding carboxylic acids is 2. The maximum absolute atomic E-state index is 12.2. The van der Waals surface area contributed by atoms with Crippen LogP contribution in [0.4, 0.5) is 11.4 Å². The maximum Gasteiger partial charge on any atom is 0.226 e. The third-order valence-corrected chi connectivity index (χ3v) is 3.93. The van der Waals surface area contributed by atoms with E-state index in [9.17, 15) is 9.59 Å². The first-order valence-electron chi connectivity index (χ1n) is 7.77. The molecule has 0 atom stereocenters. The molecule has 2 aromatic rings. The van der Waals surface area contributed by atoms with E-state index in [1.165, 1.54) is 6.92 Å². The van der Waals surface area contributed by atoms with E-state index in [1.807, 2.05) is 38.1 Å². The van der Waals surface area contributed by atoms with Crippen molar-refractivity contribution in [3.05, 3.63) is 58.6 Å². The Morgan fingerprint density at radius 3 is 2.50 bits per heavy atom. The number of nitrogens with one attached hydrogen (secondary N) is 1. The number of rotatable bonds is 5. The second kappa shape index (κ2) is 7.97. The third kappa shape index (κ3) is 4.83. The van der Waals surface area contributed by atoms with Gasteiger partial charge in [-0.25, -0.2) is 0 Å². The molecule has 0 aliphatic heterocycles. The fraction of sp³-hybridized carbons (Fsp3) is 0.263. The lowest BCUT2D eigenvalue weighted by Crippen LogP contribution is -2.32. The first-order valence-corrected chi connectivity index (χ1v) is 8.15. The van der Waals surface area contributed by atoms with E-state index in [1.54, 1.807) is 23.1 Å². The fourth-order valence-electron chi connectivity index (χ4n) is 2.53. The summed E-state index contributed by atoms with van der Waals surface area (Å²) in [6, 6.07) is 13.0. The minimum atomic E-state index is -0.126. The topological polar surface area (TPSA) is 49.4 Å². The summed E-state index contributed by atoms with van der Waals surface area (Å²) in [5, 5.41) is 3.48. The normalized spacial score (nSPS) is 10.3. The van der Waals surface area contributed by atoms with Crippen molar-refractivity contribution in [3.8, 4) is 0 Å². The number of aryl methyl sites for hydroxylation is 2. The van der Waals surface area contributed by atoms with Crippen LogP contribution in [0.15, 0.2) is 42.5 Å². The molecule has 2 aromatic carbocycles. The Bertz CT molecular complexity index is 759. The Hall–Kier alpha value is -2.33. The van der Waals surface area contributed by atoms with Crippen LogP contribution in [0.3, 0.4) is 0 Å². The highest BCUT2D eigenvalue weighted by molar-refractivity contribution is 6.30. The SMILES string of the molecule is CC(=O)N(CCC(=O)Nc1cccc(C)c1)c1ccc(Cl)cc1C. The van der Waals surface area contributed by atoms with Gasteiger partial charge in [-0.2, -0.15) is 0 Å². The molecule has 0 aliphatic rings. The van der Waals surface area contributed by atoms with Gasteiger partial charge in [0.25, 0.3) is 0 Å². The Labute approximate surface area is 147 Å². The highest BCUT2D eigenvalue weighted by atomic mass is 35.5. The van der Waals surface area contributed by atoms with Gasteiger partial charge in [0.2, 0.25) is 11.8 Å². The van der Waals surface area contributed by atoms with Crippen molar-refractivity contribution < 1.29 is 9.59 Å². The monoisotopic (exact) mass is 344 g/mol. The van der Waals surface area contributed by atoms with Gasteiger partial charge in [-0.05, 0) is 55.3 Å². The highest BCUT2D eigenvalue weighted by Crippen LogP contribution is 2.24. The highest BCUT2D eigenvalue weighted by Gasteiger charge is 2.15. The van der Waals surface area contributed by atoms with Gasteiger partial charge >= 0.3 is 0 Å². The second-order valence-corrected chi connectivity index (χ2v) is 6.21. The molecular weight excluding hydrogens is 324 g/mol. The van der Waals surface area contributed by atoms with Crippen LogP contribution in [0.25, 0.3) is 0 Å². The lowest BCUT2D eigenvalue weighted by atomic mass is 10.1. The van der Waals surface area contributed by atoms with E-state index >= 15 is 0 Å². The molecule has 0 aliphatic carbocycles. The molecule has 126 valence electrons. The molecule has 0 bridgehead atoms. The maximum atomic E-state index is 12.2. The summed E-state index contributed by atoms with van der Waals surface area (Å²) in [5.41, 5.74) is 3.51. The lowest BCUT2D eigenvalue weighted by Gasteiger charge is -2.23. The van der Waals surface area contributed by atoms with Crippen LogP contribution in [0.2, 0.25) is 5.02 Å². The molecule has 24 heavy (non-hydrogen) atoms. The summed E-state index contributed by atoms with van der Waals surface area (Å²) in [4.78, 5) is 25.7. The van der Waals surface area contributed by atoms with E-state index < -0.39 is 0 Å². The van der Waals surface area contributed by atoms with Crippen molar-refractivity contribution in [3.63, 3.8) is 0 Å². The number of anilines is 2. The van der Waals surface area contributed by atoms with E-state index in [-0.39, 0.29) is 18.2 Å². The molecular formula is C19H21ClN2O2. The predicted molar refractivity (Wildman–Crippen MR) is 98.6 cm³/mol. The molecule has 2 amide bonds. The fourth-order valence-corrected chi connectivity index (χ4v) is 2.76. The molecule has 1 N–H and O–H groups in total. The molecule has 0 aromatic heterocycles. The van der Waals surface area contributed by atoms with Crippen LogP contribution in [0.5, 0.6) is 0 Å². The Balaban J connectivity index is 2.03. The zero-order valence-electron chi connectivity index (χ0n) is 14.1. The molecule has 0 saturated heterocycles. The van der Waals surface area contributed by atoms with Crippen LogP contribution in [-0.4, -0.2) is 18.4 Å². The number of halogens is 1. The average Bonchev–Trinajstić information content (AvgIpc) is 2.49. The van der Waals surface area contributed by atoms with Gasteiger partial charge in [0, 0.05) is 36.3 Å². The van der Waals surface area contributed by atoms with Crippen molar-refractivity contribution in [2.45, 2.75) is 27.2 Å². The van der Waals surface area contributed by atoms with Crippen molar-refractivity contribution in [2.24, 2.45) is 0 Å². The standard InChI is InChI=1S/C19H21ClN2O2/c1-13-5-4-6-17(11-13)21-19(24)9-10-22(15(3)23)18-8-7-16(20)12-14(18)2/h4-8,11-12H,9-10H2,1-3H3,(H,21,24).